The van der Waals surface area contributed by atoms with Gasteiger partial charge < -0.3 is 4.74 Å². The molecule has 1 heterocycles. The van der Waals surface area contributed by atoms with Crippen LogP contribution in [0.1, 0.15) is 11.4 Å². The summed E-state index contributed by atoms with van der Waals surface area (Å²) < 4.78 is 41.7. The fourth-order valence-electron chi connectivity index (χ4n) is 0.885. The number of halogens is 3. The monoisotopic (exact) mass is 218 g/mol. The van der Waals surface area contributed by atoms with Crippen LogP contribution in [0.4, 0.5) is 13.2 Å². The second kappa shape index (κ2) is 4.29. The topological polar surface area (TPSA) is 35.0 Å². The Balaban J connectivity index is 3.00. The van der Waals surface area contributed by atoms with Crippen molar-refractivity contribution in [2.45, 2.75) is 13.1 Å². The van der Waals surface area contributed by atoms with E-state index < -0.39 is 11.9 Å². The Labute approximate surface area is 84.6 Å². The van der Waals surface area contributed by atoms with Crippen molar-refractivity contribution >= 4 is 0 Å². The molecular weight excluding hydrogens is 209 g/mol. The van der Waals surface area contributed by atoms with Gasteiger partial charge in [-0.3, -0.25) is 0 Å². The summed E-state index contributed by atoms with van der Waals surface area (Å²) in [4.78, 5) is 6.94. The standard InChI is InChI=1S/C9H9F3N2O/c1-3-4-15-8-13-6(2)5-7(14-8)9(10,11)12/h3,5H,1,4H2,2H3. The van der Waals surface area contributed by atoms with Crippen molar-refractivity contribution in [3.05, 3.63) is 30.1 Å². The lowest BCUT2D eigenvalue weighted by Crippen LogP contribution is -2.11. The number of hydrogen-bond donors (Lipinski definition) is 0. The van der Waals surface area contributed by atoms with Crippen LogP contribution < -0.4 is 4.74 Å². The predicted molar refractivity (Wildman–Crippen MR) is 47.5 cm³/mol. The van der Waals surface area contributed by atoms with Crippen molar-refractivity contribution in [3.63, 3.8) is 0 Å². The molecule has 0 saturated carbocycles. The SMILES string of the molecule is C=CCOc1nc(C)cc(C(F)(F)F)n1. The van der Waals surface area contributed by atoms with Crippen LogP contribution in [0.3, 0.4) is 0 Å². The molecule has 82 valence electrons. The highest BCUT2D eigenvalue weighted by Gasteiger charge is 2.33. The Kier molecular flexibility index (Phi) is 3.28. The summed E-state index contributed by atoms with van der Waals surface area (Å²) in [6, 6.07) is 0.572. The van der Waals surface area contributed by atoms with Crippen LogP contribution in [0.25, 0.3) is 0 Å². The van der Waals surface area contributed by atoms with Crippen molar-refractivity contribution in [1.82, 2.24) is 9.97 Å². The van der Waals surface area contributed by atoms with E-state index in [1.807, 2.05) is 0 Å². The predicted octanol–water partition coefficient (Wildman–Crippen LogP) is 2.37. The summed E-state index contributed by atoms with van der Waals surface area (Å²) in [6.07, 6.45) is -3.08. The van der Waals surface area contributed by atoms with E-state index in [4.69, 9.17) is 4.74 Å². The number of rotatable bonds is 3. The molecule has 1 rings (SSSR count). The third-order valence-electron chi connectivity index (χ3n) is 1.45. The zero-order valence-corrected chi connectivity index (χ0v) is 8.01. The summed E-state index contributed by atoms with van der Waals surface area (Å²) in [6.45, 7) is 4.88. The Morgan fingerprint density at radius 1 is 1.47 bits per heavy atom. The van der Waals surface area contributed by atoms with Crippen molar-refractivity contribution in [2.24, 2.45) is 0 Å². The summed E-state index contributed by atoms with van der Waals surface area (Å²) in [5.41, 5.74) is -0.801. The number of ether oxygens (including phenoxy) is 1. The van der Waals surface area contributed by atoms with E-state index in [0.717, 1.165) is 6.07 Å². The number of aromatic nitrogens is 2. The largest absolute Gasteiger partial charge is 0.459 e. The third kappa shape index (κ3) is 3.23. The first-order valence-electron chi connectivity index (χ1n) is 4.10. The molecule has 0 atom stereocenters. The van der Waals surface area contributed by atoms with Crippen molar-refractivity contribution < 1.29 is 17.9 Å². The second-order valence-electron chi connectivity index (χ2n) is 2.77. The molecule has 0 aromatic carbocycles. The zero-order valence-electron chi connectivity index (χ0n) is 8.01. The van der Waals surface area contributed by atoms with Gasteiger partial charge in [0.1, 0.15) is 6.61 Å². The molecule has 1 aromatic rings. The zero-order chi connectivity index (χ0) is 11.5. The first kappa shape index (κ1) is 11.5. The van der Waals surface area contributed by atoms with Crippen LogP contribution in [0.2, 0.25) is 0 Å². The average molecular weight is 218 g/mol. The van der Waals surface area contributed by atoms with Crippen LogP contribution in [-0.2, 0) is 6.18 Å². The lowest BCUT2D eigenvalue weighted by molar-refractivity contribution is -0.141. The van der Waals surface area contributed by atoms with Gasteiger partial charge in [-0.15, -0.1) is 0 Å². The molecule has 1 aromatic heterocycles. The minimum Gasteiger partial charge on any atom is -0.459 e. The molecule has 0 fully saturated rings. The number of aryl methyl sites for hydroxylation is 1. The fraction of sp³-hybridized carbons (Fsp3) is 0.333. The highest BCUT2D eigenvalue weighted by Crippen LogP contribution is 2.28. The van der Waals surface area contributed by atoms with Crippen molar-refractivity contribution in [2.75, 3.05) is 6.61 Å². The normalized spacial score (nSPS) is 11.2. The quantitative estimate of drug-likeness (QED) is 0.730. The molecule has 0 amide bonds. The molecule has 0 radical (unpaired) electrons. The Morgan fingerprint density at radius 3 is 2.67 bits per heavy atom. The Morgan fingerprint density at radius 2 is 2.13 bits per heavy atom. The van der Waals surface area contributed by atoms with E-state index >= 15 is 0 Å². The third-order valence-corrected chi connectivity index (χ3v) is 1.45. The van der Waals surface area contributed by atoms with Gasteiger partial charge in [-0.05, 0) is 13.0 Å². The molecule has 0 aliphatic carbocycles. The van der Waals surface area contributed by atoms with Gasteiger partial charge in [0.25, 0.3) is 0 Å². The van der Waals surface area contributed by atoms with E-state index in [0.29, 0.717) is 0 Å². The maximum absolute atomic E-state index is 12.3. The average Bonchev–Trinajstić information content (AvgIpc) is 2.12. The lowest BCUT2D eigenvalue weighted by Gasteiger charge is -2.08. The highest BCUT2D eigenvalue weighted by molar-refractivity contribution is 5.15. The molecule has 0 N–H and O–H groups in total. The summed E-state index contributed by atoms with van der Waals surface area (Å²) in [5.74, 6) is 0. The van der Waals surface area contributed by atoms with Crippen LogP contribution in [0, 0.1) is 6.92 Å². The van der Waals surface area contributed by atoms with Gasteiger partial charge in [-0.25, -0.2) is 4.98 Å². The lowest BCUT2D eigenvalue weighted by atomic mass is 10.3. The smallest absolute Gasteiger partial charge is 0.433 e. The maximum atomic E-state index is 12.3. The fourth-order valence-corrected chi connectivity index (χ4v) is 0.885. The summed E-state index contributed by atoms with van der Waals surface area (Å²) in [5, 5.41) is 0. The molecule has 0 aliphatic heterocycles. The molecule has 15 heavy (non-hydrogen) atoms. The summed E-state index contributed by atoms with van der Waals surface area (Å²) >= 11 is 0. The number of nitrogens with zero attached hydrogens (tertiary/aromatic N) is 2. The van der Waals surface area contributed by atoms with E-state index in [9.17, 15) is 13.2 Å². The van der Waals surface area contributed by atoms with E-state index in [2.05, 4.69) is 16.5 Å². The van der Waals surface area contributed by atoms with Crippen LogP contribution >= 0.6 is 0 Å². The molecule has 0 spiro atoms. The summed E-state index contributed by atoms with van der Waals surface area (Å²) in [7, 11) is 0. The first-order valence-corrected chi connectivity index (χ1v) is 4.10. The molecule has 3 nitrogen and oxygen atoms in total. The van der Waals surface area contributed by atoms with Gasteiger partial charge in [0.15, 0.2) is 5.69 Å². The van der Waals surface area contributed by atoms with E-state index in [1.165, 1.54) is 13.0 Å². The molecule has 0 unspecified atom stereocenters. The van der Waals surface area contributed by atoms with Gasteiger partial charge in [-0.1, -0.05) is 12.7 Å². The Bertz CT molecular complexity index is 363. The van der Waals surface area contributed by atoms with Gasteiger partial charge in [0.2, 0.25) is 0 Å². The van der Waals surface area contributed by atoms with Gasteiger partial charge in [-0.2, -0.15) is 18.2 Å². The Hall–Kier alpha value is -1.59. The molecule has 0 aliphatic rings. The molecule has 0 saturated heterocycles. The first-order chi connectivity index (χ1) is 6.93. The van der Waals surface area contributed by atoms with Crippen molar-refractivity contribution in [1.29, 1.82) is 0 Å². The van der Waals surface area contributed by atoms with Crippen molar-refractivity contribution in [3.8, 4) is 6.01 Å². The minimum absolute atomic E-state index is 0.0702. The molecule has 6 heteroatoms. The van der Waals surface area contributed by atoms with E-state index in [1.54, 1.807) is 0 Å². The van der Waals surface area contributed by atoms with Crippen LogP contribution in [-0.4, -0.2) is 16.6 Å². The molecule has 0 bridgehead atoms. The second-order valence-corrected chi connectivity index (χ2v) is 2.77. The van der Waals surface area contributed by atoms with Gasteiger partial charge >= 0.3 is 12.2 Å². The highest BCUT2D eigenvalue weighted by atomic mass is 19.4. The van der Waals surface area contributed by atoms with Crippen LogP contribution in [0.5, 0.6) is 6.01 Å². The number of alkyl halides is 3. The van der Waals surface area contributed by atoms with Gasteiger partial charge in [0.05, 0.1) is 0 Å². The van der Waals surface area contributed by atoms with E-state index in [-0.39, 0.29) is 18.3 Å². The van der Waals surface area contributed by atoms with Gasteiger partial charge in [0, 0.05) is 5.69 Å². The minimum atomic E-state index is -4.49. The maximum Gasteiger partial charge on any atom is 0.433 e. The number of hydrogen-bond acceptors (Lipinski definition) is 3. The van der Waals surface area contributed by atoms with Crippen LogP contribution in [0.15, 0.2) is 18.7 Å². The molecular formula is C9H9F3N2O.